The lowest BCUT2D eigenvalue weighted by molar-refractivity contribution is 0.219. The van der Waals surface area contributed by atoms with Gasteiger partial charge in [-0.05, 0) is 26.0 Å². The molecule has 1 aliphatic heterocycles. The number of aromatic nitrogens is 3. The number of rotatable bonds is 3. The van der Waals surface area contributed by atoms with Crippen molar-refractivity contribution in [2.24, 2.45) is 0 Å². The number of piperazine rings is 1. The summed E-state index contributed by atoms with van der Waals surface area (Å²) in [6.07, 6.45) is 1.28. The first kappa shape index (κ1) is 14.3. The van der Waals surface area contributed by atoms with Crippen molar-refractivity contribution in [1.82, 2.24) is 20.1 Å². The first-order valence-corrected chi connectivity index (χ1v) is 7.83. The van der Waals surface area contributed by atoms with Gasteiger partial charge in [-0.3, -0.25) is 4.90 Å². The Kier molecular flexibility index (Phi) is 4.12. The van der Waals surface area contributed by atoms with Crippen LogP contribution < -0.4 is 4.90 Å². The van der Waals surface area contributed by atoms with Gasteiger partial charge in [-0.2, -0.15) is 0 Å². The Hall–Kier alpha value is -1.60. The highest BCUT2D eigenvalue weighted by Gasteiger charge is 2.25. The van der Waals surface area contributed by atoms with E-state index in [1.165, 1.54) is 12.3 Å². The van der Waals surface area contributed by atoms with Crippen LogP contribution in [0.1, 0.15) is 16.9 Å². The van der Waals surface area contributed by atoms with Gasteiger partial charge in [-0.25, -0.2) is 9.37 Å². The van der Waals surface area contributed by atoms with Crippen molar-refractivity contribution < 1.29 is 4.39 Å². The zero-order valence-electron chi connectivity index (χ0n) is 12.2. The maximum atomic E-state index is 13.0. The standard InChI is InChI=1S/C14H18FN5S/c1-10-8-19(9-14-18-17-11(2)21-14)5-6-20(10)13-4-3-12(15)7-16-13/h3-4,7,10H,5-6,8-9H2,1-2H3. The zero-order chi connectivity index (χ0) is 14.8. The molecule has 1 aliphatic rings. The minimum Gasteiger partial charge on any atom is -0.351 e. The second kappa shape index (κ2) is 6.03. The molecule has 0 amide bonds. The molecule has 1 atom stereocenters. The minimum absolute atomic E-state index is 0.295. The molecule has 3 heterocycles. The lowest BCUT2D eigenvalue weighted by Crippen LogP contribution is -2.51. The van der Waals surface area contributed by atoms with E-state index in [9.17, 15) is 4.39 Å². The van der Waals surface area contributed by atoms with Crippen LogP contribution in [0.3, 0.4) is 0 Å². The van der Waals surface area contributed by atoms with Gasteiger partial charge >= 0.3 is 0 Å². The maximum absolute atomic E-state index is 13.0. The number of aryl methyl sites for hydroxylation is 1. The molecule has 0 bridgehead atoms. The van der Waals surface area contributed by atoms with Gasteiger partial charge in [0.15, 0.2) is 0 Å². The van der Waals surface area contributed by atoms with Crippen molar-refractivity contribution in [2.75, 3.05) is 24.5 Å². The predicted molar refractivity (Wildman–Crippen MR) is 80.9 cm³/mol. The number of pyridine rings is 1. The summed E-state index contributed by atoms with van der Waals surface area (Å²) in [6.45, 7) is 7.77. The Morgan fingerprint density at radius 3 is 2.81 bits per heavy atom. The molecule has 1 fully saturated rings. The molecule has 0 N–H and O–H groups in total. The van der Waals surface area contributed by atoms with Gasteiger partial charge in [0, 0.05) is 25.7 Å². The number of hydrogen-bond donors (Lipinski definition) is 0. The van der Waals surface area contributed by atoms with E-state index in [1.54, 1.807) is 17.4 Å². The highest BCUT2D eigenvalue weighted by molar-refractivity contribution is 7.11. The monoisotopic (exact) mass is 307 g/mol. The highest BCUT2D eigenvalue weighted by atomic mass is 32.1. The molecule has 5 nitrogen and oxygen atoms in total. The van der Waals surface area contributed by atoms with Crippen LogP contribution >= 0.6 is 11.3 Å². The number of halogens is 1. The zero-order valence-corrected chi connectivity index (χ0v) is 13.0. The molecule has 0 aromatic carbocycles. The lowest BCUT2D eigenvalue weighted by atomic mass is 10.2. The van der Waals surface area contributed by atoms with Crippen molar-refractivity contribution in [2.45, 2.75) is 26.4 Å². The van der Waals surface area contributed by atoms with E-state index in [0.29, 0.717) is 6.04 Å². The second-order valence-corrected chi connectivity index (χ2v) is 6.59. The van der Waals surface area contributed by atoms with Crippen molar-refractivity contribution in [3.8, 4) is 0 Å². The SMILES string of the molecule is Cc1nnc(CN2CCN(c3ccc(F)cn3)C(C)C2)s1. The molecule has 0 spiro atoms. The third-order valence-corrected chi connectivity index (χ3v) is 4.47. The molecule has 2 aromatic heterocycles. The molecule has 3 rings (SSSR count). The Labute approximate surface area is 127 Å². The molecule has 1 unspecified atom stereocenters. The minimum atomic E-state index is -0.295. The Bertz CT molecular complexity index is 600. The van der Waals surface area contributed by atoms with Gasteiger partial charge in [0.25, 0.3) is 0 Å². The molecule has 21 heavy (non-hydrogen) atoms. The lowest BCUT2D eigenvalue weighted by Gasteiger charge is -2.40. The molecular formula is C14H18FN5S. The summed E-state index contributed by atoms with van der Waals surface area (Å²) < 4.78 is 13.0. The van der Waals surface area contributed by atoms with Gasteiger partial charge in [0.2, 0.25) is 0 Å². The van der Waals surface area contributed by atoms with Crippen LogP contribution in [0.25, 0.3) is 0 Å². The maximum Gasteiger partial charge on any atom is 0.141 e. The molecular weight excluding hydrogens is 289 g/mol. The summed E-state index contributed by atoms with van der Waals surface area (Å²) in [6, 6.07) is 3.55. The Morgan fingerprint density at radius 1 is 1.33 bits per heavy atom. The van der Waals surface area contributed by atoms with Gasteiger partial charge < -0.3 is 4.90 Å². The average Bonchev–Trinajstić information content (AvgIpc) is 2.86. The van der Waals surface area contributed by atoms with Gasteiger partial charge in [0.1, 0.15) is 21.7 Å². The van der Waals surface area contributed by atoms with Gasteiger partial charge in [-0.1, -0.05) is 0 Å². The summed E-state index contributed by atoms with van der Waals surface area (Å²) in [5.41, 5.74) is 0. The van der Waals surface area contributed by atoms with E-state index in [1.807, 2.05) is 6.92 Å². The fourth-order valence-corrected chi connectivity index (χ4v) is 3.40. The molecule has 1 saturated heterocycles. The predicted octanol–water partition coefficient (Wildman–Crippen LogP) is 2.09. The van der Waals surface area contributed by atoms with Crippen molar-refractivity contribution in [3.05, 3.63) is 34.2 Å². The third kappa shape index (κ3) is 3.36. The van der Waals surface area contributed by atoms with Crippen molar-refractivity contribution in [1.29, 1.82) is 0 Å². The smallest absolute Gasteiger partial charge is 0.141 e. The first-order chi connectivity index (χ1) is 10.1. The molecule has 112 valence electrons. The topological polar surface area (TPSA) is 45.2 Å². The van der Waals surface area contributed by atoms with Gasteiger partial charge in [0.05, 0.1) is 12.7 Å². The van der Waals surface area contributed by atoms with E-state index in [-0.39, 0.29) is 5.82 Å². The molecule has 0 radical (unpaired) electrons. The fourth-order valence-electron chi connectivity index (χ4n) is 2.65. The molecule has 0 saturated carbocycles. The van der Waals surface area contributed by atoms with E-state index in [2.05, 4.69) is 31.9 Å². The van der Waals surface area contributed by atoms with Crippen LogP contribution in [-0.2, 0) is 6.54 Å². The molecule has 0 aliphatic carbocycles. The summed E-state index contributed by atoms with van der Waals surface area (Å²) >= 11 is 1.65. The summed E-state index contributed by atoms with van der Waals surface area (Å²) in [5, 5.41) is 10.3. The van der Waals surface area contributed by atoms with Crippen LogP contribution in [0, 0.1) is 12.7 Å². The van der Waals surface area contributed by atoms with Gasteiger partial charge in [-0.15, -0.1) is 21.5 Å². The average molecular weight is 307 g/mol. The first-order valence-electron chi connectivity index (χ1n) is 7.01. The van der Waals surface area contributed by atoms with Crippen molar-refractivity contribution in [3.63, 3.8) is 0 Å². The largest absolute Gasteiger partial charge is 0.351 e. The van der Waals surface area contributed by atoms with Crippen molar-refractivity contribution >= 4 is 17.2 Å². The summed E-state index contributed by atoms with van der Waals surface area (Å²) in [5.74, 6) is 0.548. The van der Waals surface area contributed by atoms with Crippen LogP contribution in [0.5, 0.6) is 0 Å². The van der Waals surface area contributed by atoms with Crippen LogP contribution in [0.2, 0.25) is 0 Å². The van der Waals surface area contributed by atoms with E-state index in [0.717, 1.165) is 42.0 Å². The summed E-state index contributed by atoms with van der Waals surface area (Å²) in [7, 11) is 0. The quantitative estimate of drug-likeness (QED) is 0.869. The second-order valence-electron chi connectivity index (χ2n) is 5.33. The molecule has 7 heteroatoms. The van der Waals surface area contributed by atoms with Crippen LogP contribution in [0.15, 0.2) is 18.3 Å². The molecule has 2 aromatic rings. The van der Waals surface area contributed by atoms with Crippen LogP contribution in [0.4, 0.5) is 10.2 Å². The fraction of sp³-hybridized carbons (Fsp3) is 0.500. The summed E-state index contributed by atoms with van der Waals surface area (Å²) in [4.78, 5) is 8.78. The van der Waals surface area contributed by atoms with E-state index >= 15 is 0 Å². The Balaban J connectivity index is 1.62. The number of anilines is 1. The normalized spacial score (nSPS) is 20.0. The van der Waals surface area contributed by atoms with E-state index in [4.69, 9.17) is 0 Å². The number of nitrogens with zero attached hydrogens (tertiary/aromatic N) is 5. The Morgan fingerprint density at radius 2 is 2.19 bits per heavy atom. The third-order valence-electron chi connectivity index (χ3n) is 3.64. The van der Waals surface area contributed by atoms with E-state index < -0.39 is 0 Å². The van der Waals surface area contributed by atoms with Crippen LogP contribution in [-0.4, -0.2) is 45.8 Å². The highest BCUT2D eigenvalue weighted by Crippen LogP contribution is 2.20. The number of hydrogen-bond acceptors (Lipinski definition) is 6.